The van der Waals surface area contributed by atoms with Gasteiger partial charge >= 0.3 is 0 Å². The predicted octanol–water partition coefficient (Wildman–Crippen LogP) is 0.436. The maximum absolute atomic E-state index is 11.3. The number of likely N-dealkylation sites (N-methyl/N-ethyl adjacent to an activating group) is 1. The second-order valence-corrected chi connectivity index (χ2v) is 4.24. The largest absolute Gasteiger partial charge is 0.493 e. The maximum atomic E-state index is 11.3. The second-order valence-electron chi connectivity index (χ2n) is 4.24. The van der Waals surface area contributed by atoms with E-state index in [-0.39, 0.29) is 12.5 Å². The van der Waals surface area contributed by atoms with Gasteiger partial charge in [0.25, 0.3) is 5.91 Å². The first-order valence-electron chi connectivity index (χ1n) is 5.98. The monoisotopic (exact) mass is 279 g/mol. The normalized spacial score (nSPS) is 14.5. The number of hydrazone groups is 1. The Labute approximate surface area is 117 Å². The SMILES string of the molecule is COc1cc(C2=NNC(=O)CN2C)cc(OC)c1OC. The molecule has 0 saturated carbocycles. The average molecular weight is 279 g/mol. The molecule has 108 valence electrons. The molecule has 7 heteroatoms. The van der Waals surface area contributed by atoms with E-state index < -0.39 is 0 Å². The van der Waals surface area contributed by atoms with Gasteiger partial charge in [0.1, 0.15) is 0 Å². The van der Waals surface area contributed by atoms with Crippen LogP contribution in [-0.4, -0.2) is 51.6 Å². The standard InChI is InChI=1S/C13H17N3O4/c1-16-7-11(17)14-15-13(16)8-5-9(18-2)12(20-4)10(6-8)19-3/h5-6H,7H2,1-4H3,(H,14,17). The molecule has 1 amide bonds. The average Bonchev–Trinajstić information content (AvgIpc) is 2.45. The van der Waals surface area contributed by atoms with Crippen LogP contribution in [0.3, 0.4) is 0 Å². The van der Waals surface area contributed by atoms with Gasteiger partial charge in [-0.05, 0) is 12.1 Å². The molecule has 2 rings (SSSR count). The Morgan fingerprint density at radius 3 is 2.20 bits per heavy atom. The number of ether oxygens (including phenoxy) is 3. The first-order valence-corrected chi connectivity index (χ1v) is 5.98. The number of carbonyl (C=O) groups excluding carboxylic acids is 1. The van der Waals surface area contributed by atoms with Gasteiger partial charge in [0.05, 0.1) is 27.9 Å². The Hall–Kier alpha value is -2.44. The smallest absolute Gasteiger partial charge is 0.259 e. The van der Waals surface area contributed by atoms with E-state index in [2.05, 4.69) is 10.5 Å². The summed E-state index contributed by atoms with van der Waals surface area (Å²) in [5.74, 6) is 2.07. The molecule has 1 aromatic carbocycles. The summed E-state index contributed by atoms with van der Waals surface area (Å²) in [5.41, 5.74) is 3.22. The number of benzene rings is 1. The van der Waals surface area contributed by atoms with E-state index in [1.165, 1.54) is 0 Å². The van der Waals surface area contributed by atoms with Gasteiger partial charge in [-0.15, -0.1) is 0 Å². The number of nitrogens with one attached hydrogen (secondary N) is 1. The molecule has 0 aromatic heterocycles. The van der Waals surface area contributed by atoms with Crippen molar-refractivity contribution in [1.29, 1.82) is 0 Å². The topological polar surface area (TPSA) is 72.4 Å². The lowest BCUT2D eigenvalue weighted by atomic mass is 10.1. The fourth-order valence-corrected chi connectivity index (χ4v) is 2.02. The number of rotatable bonds is 4. The molecule has 0 saturated heterocycles. The third-order valence-electron chi connectivity index (χ3n) is 2.95. The van der Waals surface area contributed by atoms with Crippen molar-refractivity contribution in [3.63, 3.8) is 0 Å². The quantitative estimate of drug-likeness (QED) is 0.865. The maximum Gasteiger partial charge on any atom is 0.259 e. The highest BCUT2D eigenvalue weighted by molar-refractivity contribution is 6.03. The van der Waals surface area contributed by atoms with Crippen LogP contribution in [0.5, 0.6) is 17.2 Å². The van der Waals surface area contributed by atoms with E-state index in [0.29, 0.717) is 23.1 Å². The van der Waals surface area contributed by atoms with Crippen molar-refractivity contribution in [2.75, 3.05) is 34.9 Å². The molecule has 0 bridgehead atoms. The minimum Gasteiger partial charge on any atom is -0.493 e. The Balaban J connectivity index is 2.50. The van der Waals surface area contributed by atoms with Crippen molar-refractivity contribution < 1.29 is 19.0 Å². The van der Waals surface area contributed by atoms with Crippen LogP contribution in [0.2, 0.25) is 0 Å². The van der Waals surface area contributed by atoms with E-state index in [1.54, 1.807) is 45.4 Å². The van der Waals surface area contributed by atoms with E-state index in [9.17, 15) is 4.79 Å². The van der Waals surface area contributed by atoms with E-state index in [0.717, 1.165) is 5.56 Å². The summed E-state index contributed by atoms with van der Waals surface area (Å²) in [6.45, 7) is 0.246. The molecule has 0 atom stereocenters. The molecule has 0 unspecified atom stereocenters. The Bertz CT molecular complexity index is 532. The molecule has 1 N–H and O–H groups in total. The molecule has 0 aliphatic carbocycles. The van der Waals surface area contributed by atoms with E-state index >= 15 is 0 Å². The molecule has 20 heavy (non-hydrogen) atoms. The summed E-state index contributed by atoms with van der Waals surface area (Å²) < 4.78 is 15.9. The van der Waals surface area contributed by atoms with Gasteiger partial charge in [0, 0.05) is 12.6 Å². The third kappa shape index (κ3) is 2.47. The Kier molecular flexibility index (Phi) is 3.97. The molecule has 1 aliphatic rings. The van der Waals surface area contributed by atoms with Crippen molar-refractivity contribution in [1.82, 2.24) is 10.3 Å². The molecule has 0 fully saturated rings. The zero-order valence-electron chi connectivity index (χ0n) is 11.9. The summed E-state index contributed by atoms with van der Waals surface area (Å²) in [5, 5.41) is 4.06. The van der Waals surface area contributed by atoms with Gasteiger partial charge in [-0.2, -0.15) is 5.10 Å². The van der Waals surface area contributed by atoms with E-state index in [4.69, 9.17) is 14.2 Å². The summed E-state index contributed by atoms with van der Waals surface area (Å²) in [6, 6.07) is 3.57. The van der Waals surface area contributed by atoms with Crippen LogP contribution < -0.4 is 19.6 Å². The van der Waals surface area contributed by atoms with Crippen molar-refractivity contribution in [3.05, 3.63) is 17.7 Å². The highest BCUT2D eigenvalue weighted by Gasteiger charge is 2.22. The minimum atomic E-state index is -0.149. The van der Waals surface area contributed by atoms with Crippen LogP contribution in [0, 0.1) is 0 Å². The minimum absolute atomic E-state index is 0.149. The molecule has 7 nitrogen and oxygen atoms in total. The number of nitrogens with zero attached hydrogens (tertiary/aromatic N) is 2. The third-order valence-corrected chi connectivity index (χ3v) is 2.95. The zero-order valence-corrected chi connectivity index (χ0v) is 11.9. The van der Waals surface area contributed by atoms with Gasteiger partial charge in [0.15, 0.2) is 17.3 Å². The number of carbonyl (C=O) groups is 1. The first-order chi connectivity index (χ1) is 9.60. The molecule has 1 heterocycles. The highest BCUT2D eigenvalue weighted by Crippen LogP contribution is 2.38. The van der Waals surface area contributed by atoms with Gasteiger partial charge in [0.2, 0.25) is 5.75 Å². The molecular weight excluding hydrogens is 262 g/mol. The van der Waals surface area contributed by atoms with Gasteiger partial charge in [-0.25, -0.2) is 5.43 Å². The Morgan fingerprint density at radius 2 is 1.75 bits per heavy atom. The van der Waals surface area contributed by atoms with Crippen molar-refractivity contribution in [2.24, 2.45) is 5.10 Å². The molecule has 0 spiro atoms. The number of amidine groups is 1. The van der Waals surface area contributed by atoms with Crippen LogP contribution in [0.15, 0.2) is 17.2 Å². The predicted molar refractivity (Wildman–Crippen MR) is 73.4 cm³/mol. The number of methoxy groups -OCH3 is 3. The van der Waals surface area contributed by atoms with Gasteiger partial charge in [-0.1, -0.05) is 0 Å². The van der Waals surface area contributed by atoms with Crippen LogP contribution in [0.1, 0.15) is 5.56 Å². The van der Waals surface area contributed by atoms with E-state index in [1.807, 2.05) is 0 Å². The fraction of sp³-hybridized carbons (Fsp3) is 0.385. The fourth-order valence-electron chi connectivity index (χ4n) is 2.02. The molecule has 0 radical (unpaired) electrons. The summed E-state index contributed by atoms with van der Waals surface area (Å²) >= 11 is 0. The van der Waals surface area contributed by atoms with Gasteiger partial charge in [-0.3, -0.25) is 4.79 Å². The highest BCUT2D eigenvalue weighted by atomic mass is 16.5. The molecule has 1 aliphatic heterocycles. The lowest BCUT2D eigenvalue weighted by molar-refractivity contribution is -0.121. The number of hydrogen-bond donors (Lipinski definition) is 1. The lowest BCUT2D eigenvalue weighted by Crippen LogP contribution is -2.43. The number of amides is 1. The lowest BCUT2D eigenvalue weighted by Gasteiger charge is -2.25. The van der Waals surface area contributed by atoms with Crippen molar-refractivity contribution in [3.8, 4) is 17.2 Å². The van der Waals surface area contributed by atoms with Crippen LogP contribution in [-0.2, 0) is 4.79 Å². The Morgan fingerprint density at radius 1 is 1.15 bits per heavy atom. The summed E-state index contributed by atoms with van der Waals surface area (Å²) in [7, 11) is 6.44. The van der Waals surface area contributed by atoms with Crippen LogP contribution in [0.25, 0.3) is 0 Å². The van der Waals surface area contributed by atoms with Crippen LogP contribution in [0.4, 0.5) is 0 Å². The van der Waals surface area contributed by atoms with Crippen LogP contribution >= 0.6 is 0 Å². The van der Waals surface area contributed by atoms with Crippen molar-refractivity contribution >= 4 is 11.7 Å². The second kappa shape index (κ2) is 5.68. The number of hydrogen-bond acceptors (Lipinski definition) is 6. The molecular formula is C13H17N3O4. The van der Waals surface area contributed by atoms with Crippen molar-refractivity contribution in [2.45, 2.75) is 0 Å². The molecule has 1 aromatic rings. The van der Waals surface area contributed by atoms with Gasteiger partial charge < -0.3 is 19.1 Å². The summed E-state index contributed by atoms with van der Waals surface area (Å²) in [4.78, 5) is 13.0. The zero-order chi connectivity index (χ0) is 14.7. The summed E-state index contributed by atoms with van der Waals surface area (Å²) in [6.07, 6.45) is 0. The first kappa shape index (κ1) is 14.0.